The standard InChI is InChI=1S/C16H15NO5S/c1-11(18)12-7-9-13(10-8-12)23(20,21)17-15-6-4-3-5-14(15)16(19)22-2/h3-10,17H,1-2H3. The summed E-state index contributed by atoms with van der Waals surface area (Å²) in [6.07, 6.45) is 0. The largest absolute Gasteiger partial charge is 0.465 e. The quantitative estimate of drug-likeness (QED) is 0.670. The number of nitrogens with one attached hydrogen (secondary N) is 1. The number of para-hydroxylation sites is 1. The number of ketones is 1. The molecule has 2 aromatic rings. The van der Waals surface area contributed by atoms with E-state index in [4.69, 9.17) is 0 Å². The van der Waals surface area contributed by atoms with E-state index in [1.54, 1.807) is 12.1 Å². The molecule has 0 aliphatic heterocycles. The van der Waals surface area contributed by atoms with Crippen LogP contribution in [0.1, 0.15) is 27.6 Å². The van der Waals surface area contributed by atoms with Gasteiger partial charge in [0.05, 0.1) is 23.3 Å². The number of hydrogen-bond donors (Lipinski definition) is 1. The van der Waals surface area contributed by atoms with Crippen molar-refractivity contribution in [1.82, 2.24) is 0 Å². The summed E-state index contributed by atoms with van der Waals surface area (Å²) in [5.74, 6) is -0.798. The average molecular weight is 333 g/mol. The molecule has 0 amide bonds. The third-order valence-electron chi connectivity index (χ3n) is 3.15. The lowest BCUT2D eigenvalue weighted by Crippen LogP contribution is -2.16. The lowest BCUT2D eigenvalue weighted by Gasteiger charge is -2.11. The van der Waals surface area contributed by atoms with Gasteiger partial charge in [0, 0.05) is 5.56 Å². The molecule has 0 saturated heterocycles. The first-order valence-corrected chi connectivity index (χ1v) is 8.14. The van der Waals surface area contributed by atoms with Crippen LogP contribution < -0.4 is 4.72 Å². The summed E-state index contributed by atoms with van der Waals surface area (Å²) in [5, 5.41) is 0. The number of esters is 1. The number of Topliss-reactive ketones (excluding diaryl/α,β-unsaturated/α-hetero) is 1. The van der Waals surface area contributed by atoms with Crippen LogP contribution in [0, 0.1) is 0 Å². The monoisotopic (exact) mass is 333 g/mol. The van der Waals surface area contributed by atoms with Gasteiger partial charge in [-0.15, -0.1) is 0 Å². The van der Waals surface area contributed by atoms with E-state index < -0.39 is 16.0 Å². The van der Waals surface area contributed by atoms with Gasteiger partial charge in [0.2, 0.25) is 0 Å². The summed E-state index contributed by atoms with van der Waals surface area (Å²) >= 11 is 0. The van der Waals surface area contributed by atoms with Crippen LogP contribution in [0.5, 0.6) is 0 Å². The fraction of sp³-hybridized carbons (Fsp3) is 0.125. The van der Waals surface area contributed by atoms with Crippen molar-refractivity contribution in [3.63, 3.8) is 0 Å². The summed E-state index contributed by atoms with van der Waals surface area (Å²) in [5.41, 5.74) is 0.646. The molecule has 0 aliphatic carbocycles. The zero-order valence-corrected chi connectivity index (χ0v) is 13.4. The Kier molecular flexibility index (Phi) is 4.80. The Balaban J connectivity index is 2.35. The van der Waals surface area contributed by atoms with Crippen molar-refractivity contribution in [2.24, 2.45) is 0 Å². The van der Waals surface area contributed by atoms with Crippen LogP contribution in [0.25, 0.3) is 0 Å². The third kappa shape index (κ3) is 3.75. The lowest BCUT2D eigenvalue weighted by molar-refractivity contribution is 0.0602. The Hall–Kier alpha value is -2.67. The molecular formula is C16H15NO5S. The summed E-state index contributed by atoms with van der Waals surface area (Å²) < 4.78 is 31.8. The Labute approximate surface area is 134 Å². The van der Waals surface area contributed by atoms with E-state index >= 15 is 0 Å². The third-order valence-corrected chi connectivity index (χ3v) is 4.53. The van der Waals surface area contributed by atoms with Gasteiger partial charge in [0.25, 0.3) is 10.0 Å². The number of hydrogen-bond acceptors (Lipinski definition) is 5. The summed E-state index contributed by atoms with van der Waals surface area (Å²) in [6, 6.07) is 11.7. The highest BCUT2D eigenvalue weighted by atomic mass is 32.2. The minimum absolute atomic E-state index is 0.0119. The molecule has 23 heavy (non-hydrogen) atoms. The van der Waals surface area contributed by atoms with E-state index in [-0.39, 0.29) is 21.9 Å². The Bertz CT molecular complexity index is 841. The van der Waals surface area contributed by atoms with E-state index in [1.165, 1.54) is 50.4 Å². The van der Waals surface area contributed by atoms with Gasteiger partial charge >= 0.3 is 5.97 Å². The van der Waals surface area contributed by atoms with Gasteiger partial charge in [-0.25, -0.2) is 13.2 Å². The molecule has 2 rings (SSSR count). The molecule has 0 heterocycles. The van der Waals surface area contributed by atoms with Crippen molar-refractivity contribution in [1.29, 1.82) is 0 Å². The molecular weight excluding hydrogens is 318 g/mol. The van der Waals surface area contributed by atoms with Crippen LogP contribution in [0.3, 0.4) is 0 Å². The van der Waals surface area contributed by atoms with E-state index in [1.807, 2.05) is 0 Å². The molecule has 6 nitrogen and oxygen atoms in total. The van der Waals surface area contributed by atoms with Crippen molar-refractivity contribution >= 4 is 27.5 Å². The summed E-state index contributed by atoms with van der Waals surface area (Å²) in [4.78, 5) is 22.9. The molecule has 0 saturated carbocycles. The number of sulfonamides is 1. The first kappa shape index (κ1) is 16.7. The van der Waals surface area contributed by atoms with Gasteiger partial charge in [0.1, 0.15) is 0 Å². The number of anilines is 1. The van der Waals surface area contributed by atoms with Gasteiger partial charge in [-0.2, -0.15) is 0 Å². The highest BCUT2D eigenvalue weighted by Gasteiger charge is 2.19. The predicted octanol–water partition coefficient (Wildman–Crippen LogP) is 2.48. The van der Waals surface area contributed by atoms with Crippen molar-refractivity contribution < 1.29 is 22.7 Å². The van der Waals surface area contributed by atoms with Crippen molar-refractivity contribution in [3.05, 3.63) is 59.7 Å². The average Bonchev–Trinajstić information content (AvgIpc) is 2.54. The molecule has 0 aromatic heterocycles. The summed E-state index contributed by atoms with van der Waals surface area (Å²) in [7, 11) is -2.67. The van der Waals surface area contributed by atoms with Crippen LogP contribution in [0.4, 0.5) is 5.69 Å². The van der Waals surface area contributed by atoms with Gasteiger partial charge in [-0.1, -0.05) is 24.3 Å². The minimum atomic E-state index is -3.89. The van der Waals surface area contributed by atoms with Crippen LogP contribution in [0.15, 0.2) is 53.4 Å². The van der Waals surface area contributed by atoms with Crippen molar-refractivity contribution in [3.8, 4) is 0 Å². The second kappa shape index (κ2) is 6.62. The van der Waals surface area contributed by atoms with Crippen LogP contribution >= 0.6 is 0 Å². The van der Waals surface area contributed by atoms with Crippen LogP contribution in [0.2, 0.25) is 0 Å². The number of benzene rings is 2. The molecule has 0 fully saturated rings. The van der Waals surface area contributed by atoms with Gasteiger partial charge < -0.3 is 4.74 Å². The number of carbonyl (C=O) groups is 2. The molecule has 120 valence electrons. The van der Waals surface area contributed by atoms with Gasteiger partial charge in [-0.3, -0.25) is 9.52 Å². The molecule has 2 aromatic carbocycles. The van der Waals surface area contributed by atoms with E-state index in [9.17, 15) is 18.0 Å². The maximum absolute atomic E-state index is 12.4. The maximum atomic E-state index is 12.4. The lowest BCUT2D eigenvalue weighted by atomic mass is 10.2. The first-order valence-electron chi connectivity index (χ1n) is 6.66. The van der Waals surface area contributed by atoms with Gasteiger partial charge in [-0.05, 0) is 31.2 Å². The summed E-state index contributed by atoms with van der Waals surface area (Å²) in [6.45, 7) is 1.40. The SMILES string of the molecule is COC(=O)c1ccccc1NS(=O)(=O)c1ccc(C(C)=O)cc1. The van der Waals surface area contributed by atoms with Gasteiger partial charge in [0.15, 0.2) is 5.78 Å². The number of ether oxygens (including phenoxy) is 1. The fourth-order valence-corrected chi connectivity index (χ4v) is 3.01. The number of rotatable bonds is 5. The maximum Gasteiger partial charge on any atom is 0.339 e. The van der Waals surface area contributed by atoms with E-state index in [2.05, 4.69) is 9.46 Å². The topological polar surface area (TPSA) is 89.5 Å². The predicted molar refractivity (Wildman–Crippen MR) is 85.0 cm³/mol. The second-order valence-electron chi connectivity index (χ2n) is 4.72. The molecule has 0 spiro atoms. The van der Waals surface area contributed by atoms with Crippen LogP contribution in [-0.4, -0.2) is 27.3 Å². The number of methoxy groups -OCH3 is 1. The highest BCUT2D eigenvalue weighted by Crippen LogP contribution is 2.21. The smallest absolute Gasteiger partial charge is 0.339 e. The van der Waals surface area contributed by atoms with Crippen molar-refractivity contribution in [2.45, 2.75) is 11.8 Å². The molecule has 0 atom stereocenters. The van der Waals surface area contributed by atoms with Crippen LogP contribution in [-0.2, 0) is 14.8 Å². The molecule has 0 aliphatic rings. The Morgan fingerprint density at radius 1 is 1.00 bits per heavy atom. The van der Waals surface area contributed by atoms with Crippen molar-refractivity contribution in [2.75, 3.05) is 11.8 Å². The minimum Gasteiger partial charge on any atom is -0.465 e. The Morgan fingerprint density at radius 3 is 2.17 bits per heavy atom. The number of carbonyl (C=O) groups excluding carboxylic acids is 2. The molecule has 1 N–H and O–H groups in total. The fourth-order valence-electron chi connectivity index (χ4n) is 1.93. The Morgan fingerprint density at radius 2 is 1.61 bits per heavy atom. The zero-order chi connectivity index (χ0) is 17.0. The normalized spacial score (nSPS) is 10.9. The molecule has 0 radical (unpaired) electrons. The first-order chi connectivity index (χ1) is 10.8. The highest BCUT2D eigenvalue weighted by molar-refractivity contribution is 7.92. The molecule has 0 bridgehead atoms. The molecule has 0 unspecified atom stereocenters. The van der Waals surface area contributed by atoms with E-state index in [0.29, 0.717) is 5.56 Å². The molecule has 7 heteroatoms. The zero-order valence-electron chi connectivity index (χ0n) is 12.6. The second-order valence-corrected chi connectivity index (χ2v) is 6.41. The van der Waals surface area contributed by atoms with E-state index in [0.717, 1.165) is 0 Å².